The van der Waals surface area contributed by atoms with Gasteiger partial charge in [0.05, 0.1) is 13.7 Å². The van der Waals surface area contributed by atoms with Crippen molar-refractivity contribution in [2.24, 2.45) is 0 Å². The van der Waals surface area contributed by atoms with Crippen LogP contribution in [0.15, 0.2) is 48.6 Å². The molecule has 7 N–H and O–H groups in total. The Morgan fingerprint density at radius 2 is 1.72 bits per heavy atom. The van der Waals surface area contributed by atoms with Gasteiger partial charge in [0.15, 0.2) is 17.8 Å². The molecule has 1 saturated heterocycles. The number of benzene rings is 2. The molecule has 0 aliphatic carbocycles. The zero-order valence-corrected chi connectivity index (χ0v) is 19.2. The summed E-state index contributed by atoms with van der Waals surface area (Å²) in [6, 6.07) is 8.89. The first kappa shape index (κ1) is 27.1. The number of methoxy groups -OCH3 is 1. The van der Waals surface area contributed by atoms with Gasteiger partial charge in [0, 0.05) is 11.6 Å². The molecule has 1 heterocycles. The summed E-state index contributed by atoms with van der Waals surface area (Å²) in [7, 11) is 1.29. The number of carbonyl (C=O) groups is 1. The zero-order valence-electron chi connectivity index (χ0n) is 19.2. The standard InChI is InChI=1S/C25H28O11/c1-34-24-16(28)9-5-14(6-11-19(29)30)20(24)17(10-4-13-2-7-15(27)8-3-13)35-25-23(33)22(32)21(31)18(12-26)36-25/h2-11,17-18,21-23,25-28,31-33H,12H2,1H3,(H,29,30)/t17-,18-,21-,22+,23-,25+/m1/s1. The van der Waals surface area contributed by atoms with Crippen LogP contribution in [0.1, 0.15) is 22.8 Å². The summed E-state index contributed by atoms with van der Waals surface area (Å²) in [6.45, 7) is -0.666. The number of aromatic hydroxyl groups is 2. The summed E-state index contributed by atoms with van der Waals surface area (Å²) < 4.78 is 16.8. The van der Waals surface area contributed by atoms with Gasteiger partial charge in [-0.05, 0) is 35.4 Å². The number of carboxylic acids is 1. The van der Waals surface area contributed by atoms with Gasteiger partial charge in [0.25, 0.3) is 0 Å². The number of phenols is 2. The van der Waals surface area contributed by atoms with E-state index in [1.807, 2.05) is 0 Å². The zero-order chi connectivity index (χ0) is 26.4. The van der Waals surface area contributed by atoms with Gasteiger partial charge in [-0.2, -0.15) is 0 Å². The van der Waals surface area contributed by atoms with Crippen molar-refractivity contribution in [3.63, 3.8) is 0 Å². The van der Waals surface area contributed by atoms with E-state index in [1.54, 1.807) is 18.2 Å². The number of rotatable bonds is 9. The molecule has 2 aromatic rings. The predicted octanol–water partition coefficient (Wildman–Crippen LogP) is 0.775. The summed E-state index contributed by atoms with van der Waals surface area (Å²) in [5, 5.41) is 69.3. The molecule has 194 valence electrons. The molecule has 1 aliphatic heterocycles. The van der Waals surface area contributed by atoms with Crippen molar-refractivity contribution in [2.75, 3.05) is 13.7 Å². The number of ether oxygens (including phenoxy) is 3. The average molecular weight is 504 g/mol. The summed E-state index contributed by atoms with van der Waals surface area (Å²) in [5.74, 6) is -1.50. The van der Waals surface area contributed by atoms with Gasteiger partial charge in [-0.3, -0.25) is 0 Å². The van der Waals surface area contributed by atoms with Crippen molar-refractivity contribution in [1.82, 2.24) is 0 Å². The minimum Gasteiger partial charge on any atom is -0.508 e. The quantitative estimate of drug-likeness (QED) is 0.239. The largest absolute Gasteiger partial charge is 0.508 e. The van der Waals surface area contributed by atoms with Crippen LogP contribution in [-0.2, 0) is 14.3 Å². The number of aliphatic hydroxyl groups excluding tert-OH is 4. The first-order valence-corrected chi connectivity index (χ1v) is 10.9. The van der Waals surface area contributed by atoms with E-state index in [1.165, 1.54) is 43.5 Å². The molecule has 0 amide bonds. The molecular weight excluding hydrogens is 476 g/mol. The van der Waals surface area contributed by atoms with Gasteiger partial charge in [0.2, 0.25) is 0 Å². The highest BCUT2D eigenvalue weighted by atomic mass is 16.7. The molecular formula is C25H28O11. The van der Waals surface area contributed by atoms with Crippen molar-refractivity contribution in [1.29, 1.82) is 0 Å². The Morgan fingerprint density at radius 1 is 1.03 bits per heavy atom. The Hall–Kier alpha value is -3.45. The van der Waals surface area contributed by atoms with Crippen LogP contribution in [0.2, 0.25) is 0 Å². The highest BCUT2D eigenvalue weighted by Gasteiger charge is 2.45. The maximum absolute atomic E-state index is 11.1. The smallest absolute Gasteiger partial charge is 0.328 e. The molecule has 0 aromatic heterocycles. The van der Waals surface area contributed by atoms with Crippen molar-refractivity contribution >= 4 is 18.1 Å². The highest BCUT2D eigenvalue weighted by molar-refractivity contribution is 5.86. The fourth-order valence-electron chi connectivity index (χ4n) is 3.74. The van der Waals surface area contributed by atoms with Crippen molar-refractivity contribution in [2.45, 2.75) is 36.8 Å². The fourth-order valence-corrected chi connectivity index (χ4v) is 3.74. The highest BCUT2D eigenvalue weighted by Crippen LogP contribution is 2.41. The lowest BCUT2D eigenvalue weighted by molar-refractivity contribution is -0.308. The Balaban J connectivity index is 2.10. The van der Waals surface area contributed by atoms with Crippen LogP contribution in [0, 0.1) is 0 Å². The minimum absolute atomic E-state index is 0.0486. The summed E-state index contributed by atoms with van der Waals surface area (Å²) in [6.07, 6.45) is -3.71. The van der Waals surface area contributed by atoms with Crippen molar-refractivity contribution in [3.05, 3.63) is 65.2 Å². The van der Waals surface area contributed by atoms with Crippen LogP contribution in [0.3, 0.4) is 0 Å². The number of hydrogen-bond donors (Lipinski definition) is 7. The van der Waals surface area contributed by atoms with E-state index < -0.39 is 49.4 Å². The van der Waals surface area contributed by atoms with Gasteiger partial charge in [-0.15, -0.1) is 0 Å². The van der Waals surface area contributed by atoms with Crippen LogP contribution in [0.4, 0.5) is 0 Å². The van der Waals surface area contributed by atoms with Gasteiger partial charge in [0.1, 0.15) is 36.3 Å². The lowest BCUT2D eigenvalue weighted by Crippen LogP contribution is -2.59. The third-order valence-corrected chi connectivity index (χ3v) is 5.59. The summed E-state index contributed by atoms with van der Waals surface area (Å²) in [5.41, 5.74) is 1.09. The number of carboxylic acid groups (broad SMARTS) is 1. The van der Waals surface area contributed by atoms with E-state index in [4.69, 9.17) is 19.3 Å². The summed E-state index contributed by atoms with van der Waals surface area (Å²) in [4.78, 5) is 11.1. The maximum Gasteiger partial charge on any atom is 0.328 e. The third kappa shape index (κ3) is 6.21. The molecule has 0 spiro atoms. The van der Waals surface area contributed by atoms with Gasteiger partial charge in [-0.1, -0.05) is 30.4 Å². The van der Waals surface area contributed by atoms with Crippen molar-refractivity contribution in [3.8, 4) is 17.2 Å². The van der Waals surface area contributed by atoms with Gasteiger partial charge >= 0.3 is 5.97 Å². The van der Waals surface area contributed by atoms with Crippen LogP contribution in [0.25, 0.3) is 12.2 Å². The summed E-state index contributed by atoms with van der Waals surface area (Å²) >= 11 is 0. The molecule has 2 aromatic carbocycles. The lowest BCUT2D eigenvalue weighted by Gasteiger charge is -2.40. The topological polar surface area (TPSA) is 186 Å². The molecule has 0 bridgehead atoms. The molecule has 11 nitrogen and oxygen atoms in total. The van der Waals surface area contributed by atoms with Gasteiger partial charge < -0.3 is 50.0 Å². The second-order valence-corrected chi connectivity index (χ2v) is 8.00. The Morgan fingerprint density at radius 3 is 2.33 bits per heavy atom. The molecule has 1 aliphatic rings. The molecule has 3 rings (SSSR count). The Labute approximate surface area is 206 Å². The third-order valence-electron chi connectivity index (χ3n) is 5.59. The molecule has 36 heavy (non-hydrogen) atoms. The van der Waals surface area contributed by atoms with E-state index in [0.29, 0.717) is 5.56 Å². The molecule has 11 heteroatoms. The van der Waals surface area contributed by atoms with Crippen LogP contribution < -0.4 is 4.74 Å². The number of phenolic OH excluding ortho intramolecular Hbond substituents is 2. The first-order chi connectivity index (χ1) is 17.2. The molecule has 6 atom stereocenters. The fraction of sp³-hybridized carbons (Fsp3) is 0.320. The second-order valence-electron chi connectivity index (χ2n) is 8.00. The molecule has 0 unspecified atom stereocenters. The molecule has 0 radical (unpaired) electrons. The van der Waals surface area contributed by atoms with Crippen molar-refractivity contribution < 1.29 is 54.8 Å². The SMILES string of the molecule is COc1c(O)ccc(C=CC(=O)O)c1[C@@H](C=Cc1ccc(O)cc1)O[C@H]1O[C@H](CO)[C@@H](O)[C@H](O)[C@H]1O. The maximum atomic E-state index is 11.1. The Kier molecular flexibility index (Phi) is 9.04. The van der Waals surface area contributed by atoms with Crippen LogP contribution in [-0.4, -0.2) is 86.1 Å². The monoisotopic (exact) mass is 504 g/mol. The molecule has 0 saturated carbocycles. The van der Waals surface area contributed by atoms with E-state index in [2.05, 4.69) is 0 Å². The van der Waals surface area contributed by atoms with E-state index in [0.717, 1.165) is 6.08 Å². The lowest BCUT2D eigenvalue weighted by atomic mass is 9.97. The number of hydrogen-bond acceptors (Lipinski definition) is 10. The van der Waals surface area contributed by atoms with Gasteiger partial charge in [-0.25, -0.2) is 4.79 Å². The van der Waals surface area contributed by atoms with E-state index >= 15 is 0 Å². The van der Waals surface area contributed by atoms with Crippen LogP contribution >= 0.6 is 0 Å². The van der Waals surface area contributed by atoms with E-state index in [9.17, 15) is 35.4 Å². The number of aliphatic carboxylic acids is 1. The number of aliphatic hydroxyl groups is 4. The minimum atomic E-state index is -1.71. The van der Waals surface area contributed by atoms with Crippen LogP contribution in [0.5, 0.6) is 17.2 Å². The normalized spacial score (nSPS) is 25.3. The first-order valence-electron chi connectivity index (χ1n) is 10.9. The van der Waals surface area contributed by atoms with E-state index in [-0.39, 0.29) is 28.4 Å². The second kappa shape index (κ2) is 12.0. The molecule has 1 fully saturated rings. The average Bonchev–Trinajstić information content (AvgIpc) is 2.86. The predicted molar refractivity (Wildman–Crippen MR) is 126 cm³/mol. The Bertz CT molecular complexity index is 1090.